The fraction of sp³-hybridized carbons (Fsp3) is 1.00. The maximum atomic E-state index is 3.74. The van der Waals surface area contributed by atoms with E-state index in [1.807, 2.05) is 0 Å². The molecule has 0 unspecified atom stereocenters. The molecule has 0 bridgehead atoms. The van der Waals surface area contributed by atoms with Gasteiger partial charge in [-0.3, -0.25) is 4.72 Å². The lowest BCUT2D eigenvalue weighted by Gasteiger charge is -2.36. The Morgan fingerprint density at radius 2 is 1.38 bits per heavy atom. The van der Waals surface area contributed by atoms with Crippen LogP contribution in [0.15, 0.2) is 0 Å². The largest absolute Gasteiger partial charge is 0.281 e. The molecule has 0 spiro atoms. The van der Waals surface area contributed by atoms with Gasteiger partial charge in [-0.15, -0.1) is 0 Å². The Hall–Kier alpha value is 0.310. The standard InChI is InChI=1S/C11H25NS/c1-3-12-13(2)10-8-6-4-5-7-9-11-13/h12H,3-11H2,1-2H3. The van der Waals surface area contributed by atoms with Gasteiger partial charge in [0.2, 0.25) is 0 Å². The first-order valence-electron chi connectivity index (χ1n) is 5.75. The quantitative estimate of drug-likeness (QED) is 0.726. The summed E-state index contributed by atoms with van der Waals surface area (Å²) in [6.07, 6.45) is 11.3. The highest BCUT2D eigenvalue weighted by atomic mass is 32.3. The zero-order valence-corrected chi connectivity index (χ0v) is 10.1. The van der Waals surface area contributed by atoms with Crippen molar-refractivity contribution >= 4 is 10.2 Å². The molecule has 1 aliphatic heterocycles. The molecule has 0 aromatic heterocycles. The summed E-state index contributed by atoms with van der Waals surface area (Å²) in [7, 11) is -0.423. The Labute approximate surface area is 85.1 Å². The molecule has 0 saturated carbocycles. The summed E-state index contributed by atoms with van der Waals surface area (Å²) in [5.74, 6) is 2.92. The molecule has 13 heavy (non-hydrogen) atoms. The van der Waals surface area contributed by atoms with Gasteiger partial charge in [0.05, 0.1) is 0 Å². The molecular weight excluding hydrogens is 178 g/mol. The molecule has 0 amide bonds. The fourth-order valence-electron chi connectivity index (χ4n) is 2.14. The van der Waals surface area contributed by atoms with E-state index < -0.39 is 10.2 Å². The van der Waals surface area contributed by atoms with Gasteiger partial charge < -0.3 is 0 Å². The Morgan fingerprint density at radius 3 is 1.85 bits per heavy atom. The molecule has 1 heterocycles. The Bertz CT molecular complexity index is 126. The second-order valence-electron chi connectivity index (χ2n) is 4.30. The second-order valence-corrected chi connectivity index (χ2v) is 7.96. The van der Waals surface area contributed by atoms with Crippen LogP contribution in [0.4, 0.5) is 0 Å². The van der Waals surface area contributed by atoms with Crippen molar-refractivity contribution in [1.82, 2.24) is 4.72 Å². The van der Waals surface area contributed by atoms with Crippen molar-refractivity contribution < 1.29 is 0 Å². The van der Waals surface area contributed by atoms with E-state index in [2.05, 4.69) is 17.9 Å². The minimum atomic E-state index is -0.423. The van der Waals surface area contributed by atoms with Crippen molar-refractivity contribution in [2.24, 2.45) is 0 Å². The van der Waals surface area contributed by atoms with Gasteiger partial charge in [0.1, 0.15) is 0 Å². The third kappa shape index (κ3) is 4.37. The third-order valence-electron chi connectivity index (χ3n) is 2.93. The van der Waals surface area contributed by atoms with Gasteiger partial charge in [0.15, 0.2) is 0 Å². The third-order valence-corrected chi connectivity index (χ3v) is 6.30. The highest BCUT2D eigenvalue weighted by Crippen LogP contribution is 2.42. The summed E-state index contributed by atoms with van der Waals surface area (Å²) >= 11 is 0. The molecule has 1 fully saturated rings. The normalized spacial score (nSPS) is 26.9. The van der Waals surface area contributed by atoms with Crippen LogP contribution in [0.25, 0.3) is 0 Å². The minimum absolute atomic E-state index is 0.423. The molecule has 0 aliphatic carbocycles. The number of hydrogen-bond donors (Lipinski definition) is 1. The topological polar surface area (TPSA) is 12.0 Å². The van der Waals surface area contributed by atoms with Gasteiger partial charge >= 0.3 is 0 Å². The van der Waals surface area contributed by atoms with E-state index in [0.717, 1.165) is 6.54 Å². The first kappa shape index (κ1) is 11.4. The minimum Gasteiger partial charge on any atom is -0.281 e. The van der Waals surface area contributed by atoms with Crippen LogP contribution in [0.5, 0.6) is 0 Å². The van der Waals surface area contributed by atoms with Crippen molar-refractivity contribution in [1.29, 1.82) is 0 Å². The first-order chi connectivity index (χ1) is 6.27. The van der Waals surface area contributed by atoms with E-state index >= 15 is 0 Å². The maximum Gasteiger partial charge on any atom is 0.00151 e. The van der Waals surface area contributed by atoms with Crippen LogP contribution in [0.2, 0.25) is 0 Å². The van der Waals surface area contributed by atoms with Gasteiger partial charge in [-0.1, -0.05) is 32.6 Å². The van der Waals surface area contributed by atoms with Gasteiger partial charge in [-0.25, -0.2) is 0 Å². The highest BCUT2D eigenvalue weighted by Gasteiger charge is 2.16. The van der Waals surface area contributed by atoms with E-state index in [9.17, 15) is 0 Å². The van der Waals surface area contributed by atoms with Crippen LogP contribution in [-0.2, 0) is 0 Å². The molecule has 2 heteroatoms. The fourth-order valence-corrected chi connectivity index (χ4v) is 5.02. The van der Waals surface area contributed by atoms with E-state index in [1.54, 1.807) is 0 Å². The second kappa shape index (κ2) is 5.92. The van der Waals surface area contributed by atoms with Crippen molar-refractivity contribution in [3.8, 4) is 0 Å². The SMILES string of the molecule is CCNS1(C)CCCCCCCC1. The van der Waals surface area contributed by atoms with Crippen LogP contribution in [-0.4, -0.2) is 24.3 Å². The molecule has 0 aromatic rings. The van der Waals surface area contributed by atoms with E-state index in [-0.39, 0.29) is 0 Å². The van der Waals surface area contributed by atoms with Crippen LogP contribution >= 0.6 is 10.2 Å². The molecule has 0 aromatic carbocycles. The molecule has 0 radical (unpaired) electrons. The Morgan fingerprint density at radius 1 is 0.923 bits per heavy atom. The van der Waals surface area contributed by atoms with Crippen LogP contribution in [0.3, 0.4) is 0 Å². The molecule has 1 saturated heterocycles. The molecule has 0 atom stereocenters. The van der Waals surface area contributed by atoms with Crippen LogP contribution < -0.4 is 4.72 Å². The summed E-state index contributed by atoms with van der Waals surface area (Å²) in [6.45, 7) is 3.40. The van der Waals surface area contributed by atoms with Gasteiger partial charge in [0, 0.05) is 6.54 Å². The molecule has 1 aliphatic rings. The van der Waals surface area contributed by atoms with E-state index in [1.165, 1.54) is 50.0 Å². The van der Waals surface area contributed by atoms with Crippen LogP contribution in [0, 0.1) is 0 Å². The smallest absolute Gasteiger partial charge is 0.00151 e. The van der Waals surface area contributed by atoms with Gasteiger partial charge in [-0.2, -0.15) is 10.2 Å². The summed E-state index contributed by atoms with van der Waals surface area (Å²) in [5, 5.41) is 0. The molecule has 1 nitrogen and oxygen atoms in total. The van der Waals surface area contributed by atoms with Crippen molar-refractivity contribution in [2.75, 3.05) is 24.3 Å². The highest BCUT2D eigenvalue weighted by molar-refractivity contribution is 8.31. The first-order valence-corrected chi connectivity index (χ1v) is 8.13. The predicted octanol–water partition coefficient (Wildman–Crippen LogP) is 3.30. The molecule has 80 valence electrons. The van der Waals surface area contributed by atoms with Crippen LogP contribution in [0.1, 0.15) is 45.4 Å². The van der Waals surface area contributed by atoms with Gasteiger partial charge in [-0.05, 0) is 30.6 Å². The average Bonchev–Trinajstić information content (AvgIpc) is 2.18. The summed E-state index contributed by atoms with van der Waals surface area (Å²) in [4.78, 5) is 0. The number of rotatable bonds is 2. The zero-order valence-electron chi connectivity index (χ0n) is 9.27. The zero-order chi connectivity index (χ0) is 9.57. The number of hydrogen-bond acceptors (Lipinski definition) is 1. The van der Waals surface area contributed by atoms with Crippen molar-refractivity contribution in [3.63, 3.8) is 0 Å². The molecule has 1 N–H and O–H groups in total. The van der Waals surface area contributed by atoms with E-state index in [4.69, 9.17) is 0 Å². The molecule has 1 rings (SSSR count). The summed E-state index contributed by atoms with van der Waals surface area (Å²) < 4.78 is 3.74. The van der Waals surface area contributed by atoms with E-state index in [0.29, 0.717) is 0 Å². The average molecular weight is 203 g/mol. The van der Waals surface area contributed by atoms with Crippen molar-refractivity contribution in [2.45, 2.75) is 45.4 Å². The predicted molar refractivity (Wildman–Crippen MR) is 64.6 cm³/mol. The summed E-state index contributed by atoms with van der Waals surface area (Å²) in [6, 6.07) is 0. The van der Waals surface area contributed by atoms with Crippen molar-refractivity contribution in [3.05, 3.63) is 0 Å². The lowest BCUT2D eigenvalue weighted by Crippen LogP contribution is -2.24. The lowest BCUT2D eigenvalue weighted by atomic mass is 10.1. The Balaban J connectivity index is 2.39. The monoisotopic (exact) mass is 203 g/mol. The maximum absolute atomic E-state index is 3.74. The summed E-state index contributed by atoms with van der Waals surface area (Å²) in [5.41, 5.74) is 0. The molecular formula is C11H25NS. The Kier molecular flexibility index (Phi) is 5.18. The number of nitrogens with one attached hydrogen (secondary N) is 1. The lowest BCUT2D eigenvalue weighted by molar-refractivity contribution is 0.636. The van der Waals surface area contributed by atoms with Gasteiger partial charge in [0.25, 0.3) is 0 Å².